The molecule has 2 amide bonds. The number of halogens is 3. The standard InChI is InChI=1S/C11H9BrClFN2O2/c12-7-3-5-1-2-15-10(17)6(5)4-8(7)16-11(18)9(13)14/h3-4,9H,1-2H2,(H,15,17)(H,16,18). The van der Waals surface area contributed by atoms with Crippen molar-refractivity contribution in [3.05, 3.63) is 27.7 Å². The van der Waals surface area contributed by atoms with Crippen LogP contribution in [-0.4, -0.2) is 24.0 Å². The van der Waals surface area contributed by atoms with E-state index in [0.29, 0.717) is 22.3 Å². The molecule has 1 unspecified atom stereocenters. The Morgan fingerprint density at radius 1 is 1.56 bits per heavy atom. The van der Waals surface area contributed by atoms with Crippen LogP contribution in [0, 0.1) is 0 Å². The Labute approximate surface area is 116 Å². The van der Waals surface area contributed by atoms with Crippen LogP contribution in [-0.2, 0) is 11.2 Å². The van der Waals surface area contributed by atoms with Crippen LogP contribution in [0.3, 0.4) is 0 Å². The quantitative estimate of drug-likeness (QED) is 0.814. The summed E-state index contributed by atoms with van der Waals surface area (Å²) in [6.45, 7) is 0.582. The number of rotatable bonds is 2. The summed E-state index contributed by atoms with van der Waals surface area (Å²) in [5.41, 5.74) is -0.447. The predicted molar refractivity (Wildman–Crippen MR) is 69.6 cm³/mol. The third-order valence-electron chi connectivity index (χ3n) is 2.57. The molecule has 0 aliphatic carbocycles. The van der Waals surface area contributed by atoms with Gasteiger partial charge in [0.1, 0.15) is 0 Å². The van der Waals surface area contributed by atoms with Crippen molar-refractivity contribution in [2.24, 2.45) is 0 Å². The molecule has 18 heavy (non-hydrogen) atoms. The average Bonchev–Trinajstić information content (AvgIpc) is 2.31. The molecular formula is C11H9BrClFN2O2. The Kier molecular flexibility index (Phi) is 3.87. The second kappa shape index (κ2) is 5.24. The summed E-state index contributed by atoms with van der Waals surface area (Å²) in [7, 11) is 0. The summed E-state index contributed by atoms with van der Waals surface area (Å²) in [4.78, 5) is 22.8. The van der Waals surface area contributed by atoms with E-state index in [1.807, 2.05) is 0 Å². The van der Waals surface area contributed by atoms with Crippen molar-refractivity contribution >= 4 is 45.0 Å². The number of hydrogen-bond donors (Lipinski definition) is 2. The van der Waals surface area contributed by atoms with Gasteiger partial charge in [-0.1, -0.05) is 11.6 Å². The third-order valence-corrected chi connectivity index (χ3v) is 3.43. The molecule has 2 rings (SSSR count). The number of nitrogens with one attached hydrogen (secondary N) is 2. The molecule has 2 N–H and O–H groups in total. The zero-order chi connectivity index (χ0) is 13.3. The van der Waals surface area contributed by atoms with Crippen LogP contribution >= 0.6 is 27.5 Å². The molecule has 0 spiro atoms. The summed E-state index contributed by atoms with van der Waals surface area (Å²) in [5, 5.41) is 5.00. The Morgan fingerprint density at radius 3 is 2.94 bits per heavy atom. The minimum atomic E-state index is -2.12. The molecule has 0 saturated heterocycles. The van der Waals surface area contributed by atoms with E-state index >= 15 is 0 Å². The van der Waals surface area contributed by atoms with Gasteiger partial charge in [0.2, 0.25) is 0 Å². The van der Waals surface area contributed by atoms with E-state index in [0.717, 1.165) is 12.0 Å². The smallest absolute Gasteiger partial charge is 0.274 e. The lowest BCUT2D eigenvalue weighted by molar-refractivity contribution is -0.118. The first-order valence-corrected chi connectivity index (χ1v) is 6.41. The SMILES string of the molecule is O=C1NCCc2cc(Br)c(NC(=O)C(F)Cl)cc21. The minimum absolute atomic E-state index is 0.207. The molecule has 1 aromatic carbocycles. The van der Waals surface area contributed by atoms with E-state index in [4.69, 9.17) is 11.6 Å². The highest BCUT2D eigenvalue weighted by Crippen LogP contribution is 2.28. The molecule has 1 aliphatic rings. The molecule has 1 atom stereocenters. The number of carbonyl (C=O) groups is 2. The maximum Gasteiger partial charge on any atom is 0.274 e. The van der Waals surface area contributed by atoms with Crippen LogP contribution in [0.5, 0.6) is 0 Å². The summed E-state index contributed by atoms with van der Waals surface area (Å²) < 4.78 is 13.2. The molecule has 96 valence electrons. The molecule has 0 bridgehead atoms. The fraction of sp³-hybridized carbons (Fsp3) is 0.273. The molecule has 0 radical (unpaired) electrons. The summed E-state index contributed by atoms with van der Waals surface area (Å²) >= 11 is 8.29. The second-order valence-electron chi connectivity index (χ2n) is 3.79. The molecule has 1 aromatic rings. The summed E-state index contributed by atoms with van der Waals surface area (Å²) in [6, 6.07) is 3.25. The van der Waals surface area contributed by atoms with Crippen molar-refractivity contribution in [3.8, 4) is 0 Å². The van der Waals surface area contributed by atoms with Crippen LogP contribution < -0.4 is 10.6 Å². The van der Waals surface area contributed by atoms with Crippen molar-refractivity contribution in [2.75, 3.05) is 11.9 Å². The van der Waals surface area contributed by atoms with Gasteiger partial charge < -0.3 is 10.6 Å². The summed E-state index contributed by atoms with van der Waals surface area (Å²) in [5.74, 6) is -1.17. The van der Waals surface area contributed by atoms with E-state index in [9.17, 15) is 14.0 Å². The van der Waals surface area contributed by atoms with Gasteiger partial charge in [-0.3, -0.25) is 9.59 Å². The monoisotopic (exact) mass is 334 g/mol. The number of benzene rings is 1. The molecular weight excluding hydrogens is 326 g/mol. The molecule has 0 saturated carbocycles. The van der Waals surface area contributed by atoms with E-state index in [-0.39, 0.29) is 5.91 Å². The van der Waals surface area contributed by atoms with E-state index in [1.165, 1.54) is 6.07 Å². The topological polar surface area (TPSA) is 58.2 Å². The highest BCUT2D eigenvalue weighted by atomic mass is 79.9. The molecule has 4 nitrogen and oxygen atoms in total. The van der Waals surface area contributed by atoms with Gasteiger partial charge in [-0.15, -0.1) is 0 Å². The normalized spacial score (nSPS) is 15.6. The Morgan fingerprint density at radius 2 is 2.28 bits per heavy atom. The second-order valence-corrected chi connectivity index (χ2v) is 5.02. The van der Waals surface area contributed by atoms with Crippen LogP contribution in [0.1, 0.15) is 15.9 Å². The minimum Gasteiger partial charge on any atom is -0.352 e. The Bertz CT molecular complexity index is 522. The van der Waals surface area contributed by atoms with Crippen LogP contribution in [0.25, 0.3) is 0 Å². The van der Waals surface area contributed by atoms with Crippen LogP contribution in [0.2, 0.25) is 0 Å². The average molecular weight is 336 g/mol. The van der Waals surface area contributed by atoms with E-state index in [1.54, 1.807) is 6.07 Å². The number of fused-ring (bicyclic) bond motifs is 1. The first kappa shape index (κ1) is 13.3. The fourth-order valence-corrected chi connectivity index (χ4v) is 2.27. The lowest BCUT2D eigenvalue weighted by Crippen LogP contribution is -2.32. The van der Waals surface area contributed by atoms with Crippen molar-refractivity contribution < 1.29 is 14.0 Å². The van der Waals surface area contributed by atoms with Gasteiger partial charge >= 0.3 is 0 Å². The van der Waals surface area contributed by atoms with Gasteiger partial charge in [0.25, 0.3) is 17.4 Å². The van der Waals surface area contributed by atoms with Gasteiger partial charge in [-0.25, -0.2) is 4.39 Å². The number of amides is 2. The van der Waals surface area contributed by atoms with E-state index < -0.39 is 11.5 Å². The van der Waals surface area contributed by atoms with Gasteiger partial charge in [0, 0.05) is 16.6 Å². The maximum absolute atomic E-state index is 12.6. The first-order valence-electron chi connectivity index (χ1n) is 5.18. The van der Waals surface area contributed by atoms with Gasteiger partial charge in [-0.2, -0.15) is 0 Å². The molecule has 0 fully saturated rings. The Balaban J connectivity index is 2.35. The zero-order valence-electron chi connectivity index (χ0n) is 9.10. The van der Waals surface area contributed by atoms with Crippen molar-refractivity contribution in [1.29, 1.82) is 0 Å². The molecule has 7 heteroatoms. The molecule has 1 heterocycles. The van der Waals surface area contributed by atoms with Gasteiger partial charge in [-0.05, 0) is 40.0 Å². The highest BCUT2D eigenvalue weighted by Gasteiger charge is 2.21. The fourth-order valence-electron chi connectivity index (χ4n) is 1.72. The number of carbonyl (C=O) groups excluding carboxylic acids is 2. The Hall–Kier alpha value is -1.14. The van der Waals surface area contributed by atoms with Crippen molar-refractivity contribution in [3.63, 3.8) is 0 Å². The van der Waals surface area contributed by atoms with Crippen molar-refractivity contribution in [1.82, 2.24) is 5.32 Å². The molecule has 1 aliphatic heterocycles. The maximum atomic E-state index is 12.6. The number of anilines is 1. The predicted octanol–water partition coefficient (Wildman–Crippen LogP) is 2.21. The lowest BCUT2D eigenvalue weighted by Gasteiger charge is -2.18. The zero-order valence-corrected chi connectivity index (χ0v) is 11.4. The number of alkyl halides is 2. The lowest BCUT2D eigenvalue weighted by atomic mass is 10.00. The first-order chi connectivity index (χ1) is 8.49. The highest BCUT2D eigenvalue weighted by molar-refractivity contribution is 9.10. The molecule has 0 aromatic heterocycles. The van der Waals surface area contributed by atoms with E-state index in [2.05, 4.69) is 26.6 Å². The van der Waals surface area contributed by atoms with Gasteiger partial charge in [0.15, 0.2) is 0 Å². The van der Waals surface area contributed by atoms with Crippen LogP contribution in [0.4, 0.5) is 10.1 Å². The van der Waals surface area contributed by atoms with Crippen molar-refractivity contribution in [2.45, 2.75) is 12.1 Å². The van der Waals surface area contributed by atoms with Gasteiger partial charge in [0.05, 0.1) is 5.69 Å². The summed E-state index contributed by atoms with van der Waals surface area (Å²) in [6.07, 6.45) is 0.717. The largest absolute Gasteiger partial charge is 0.352 e. The van der Waals surface area contributed by atoms with Crippen LogP contribution in [0.15, 0.2) is 16.6 Å². The third kappa shape index (κ3) is 2.64. The number of hydrogen-bond acceptors (Lipinski definition) is 2.